The number of nitrogens with two attached hydrogens (primary N) is 1. The van der Waals surface area contributed by atoms with Gasteiger partial charge in [0, 0.05) is 24.2 Å². The third-order valence-corrected chi connectivity index (χ3v) is 4.06. The highest BCUT2D eigenvalue weighted by Gasteiger charge is 2.28. The molecular weight excluding hydrogens is 260 g/mol. The van der Waals surface area contributed by atoms with Crippen LogP contribution in [0.2, 0.25) is 0 Å². The van der Waals surface area contributed by atoms with Gasteiger partial charge in [-0.25, -0.2) is 0 Å². The van der Waals surface area contributed by atoms with Crippen LogP contribution in [0.3, 0.4) is 0 Å². The first-order valence-electron chi connectivity index (χ1n) is 7.51. The van der Waals surface area contributed by atoms with Gasteiger partial charge in [-0.15, -0.1) is 0 Å². The van der Waals surface area contributed by atoms with Gasteiger partial charge in [0.25, 0.3) is 5.91 Å². The number of hydrogen-bond acceptors (Lipinski definition) is 2. The molecule has 112 valence electrons. The normalized spacial score (nSPS) is 17.0. The highest BCUT2D eigenvalue weighted by atomic mass is 16.2. The summed E-state index contributed by atoms with van der Waals surface area (Å²) in [6, 6.07) is 5.80. The van der Waals surface area contributed by atoms with Crippen molar-refractivity contribution in [1.29, 1.82) is 0 Å². The lowest BCUT2D eigenvalue weighted by atomic mass is 9.82. The molecule has 0 radical (unpaired) electrons. The van der Waals surface area contributed by atoms with Gasteiger partial charge in [-0.1, -0.05) is 25.7 Å². The first kappa shape index (κ1) is 15.6. The smallest absolute Gasteiger partial charge is 0.253 e. The van der Waals surface area contributed by atoms with Gasteiger partial charge in [0.05, 0.1) is 6.54 Å². The number of rotatable bonds is 1. The summed E-state index contributed by atoms with van der Waals surface area (Å²) >= 11 is 0. The largest absolute Gasteiger partial charge is 0.339 e. The van der Waals surface area contributed by atoms with Crippen LogP contribution >= 0.6 is 0 Å². The molecule has 0 spiro atoms. The molecule has 3 nitrogen and oxygen atoms in total. The number of hydrogen-bond donors (Lipinski definition) is 1. The van der Waals surface area contributed by atoms with Crippen molar-refractivity contribution in [2.45, 2.75) is 33.6 Å². The standard InChI is InChI=1S/C18H24N2O/c1-14-11-15(5-4-8-19)13-16(12-14)17(21)20-9-6-18(2,3)7-10-20/h11-13H,6-10,19H2,1-3H3. The molecule has 3 heteroatoms. The molecule has 1 aromatic carbocycles. The maximum Gasteiger partial charge on any atom is 0.253 e. The summed E-state index contributed by atoms with van der Waals surface area (Å²) in [6.45, 7) is 8.53. The van der Waals surface area contributed by atoms with Crippen molar-refractivity contribution in [3.05, 3.63) is 34.9 Å². The van der Waals surface area contributed by atoms with Crippen LogP contribution < -0.4 is 5.73 Å². The molecule has 1 saturated heterocycles. The van der Waals surface area contributed by atoms with Crippen molar-refractivity contribution in [2.75, 3.05) is 19.6 Å². The fraction of sp³-hybridized carbons (Fsp3) is 0.500. The molecule has 2 rings (SSSR count). The van der Waals surface area contributed by atoms with Crippen molar-refractivity contribution in [1.82, 2.24) is 4.90 Å². The monoisotopic (exact) mass is 284 g/mol. The molecule has 1 aliphatic rings. The predicted molar refractivity (Wildman–Crippen MR) is 86.0 cm³/mol. The van der Waals surface area contributed by atoms with E-state index in [0.717, 1.165) is 42.6 Å². The van der Waals surface area contributed by atoms with Gasteiger partial charge in [0.1, 0.15) is 0 Å². The zero-order valence-electron chi connectivity index (χ0n) is 13.2. The second-order valence-corrected chi connectivity index (χ2v) is 6.55. The predicted octanol–water partition coefficient (Wildman–Crippen LogP) is 2.57. The third-order valence-electron chi connectivity index (χ3n) is 4.06. The lowest BCUT2D eigenvalue weighted by Gasteiger charge is -2.37. The van der Waals surface area contributed by atoms with Crippen LogP contribution in [0.4, 0.5) is 0 Å². The number of benzene rings is 1. The van der Waals surface area contributed by atoms with E-state index >= 15 is 0 Å². The fourth-order valence-corrected chi connectivity index (χ4v) is 2.63. The molecule has 0 unspecified atom stereocenters. The Balaban J connectivity index is 2.18. The molecule has 1 heterocycles. The molecule has 0 aliphatic carbocycles. The second kappa shape index (κ2) is 6.32. The van der Waals surface area contributed by atoms with Crippen molar-refractivity contribution < 1.29 is 4.79 Å². The molecular formula is C18H24N2O. The zero-order valence-corrected chi connectivity index (χ0v) is 13.2. The van der Waals surface area contributed by atoms with Crippen molar-refractivity contribution >= 4 is 5.91 Å². The van der Waals surface area contributed by atoms with Crippen molar-refractivity contribution in [3.8, 4) is 11.8 Å². The Kier molecular flexibility index (Phi) is 4.69. The summed E-state index contributed by atoms with van der Waals surface area (Å²) in [6.07, 6.45) is 2.12. The van der Waals surface area contributed by atoms with Crippen LogP contribution in [-0.2, 0) is 0 Å². The Labute approximate surface area is 127 Å². The highest BCUT2D eigenvalue weighted by molar-refractivity contribution is 5.94. The van der Waals surface area contributed by atoms with E-state index in [2.05, 4.69) is 25.7 Å². The first-order chi connectivity index (χ1) is 9.91. The average Bonchev–Trinajstić information content (AvgIpc) is 2.44. The Morgan fingerprint density at radius 3 is 2.57 bits per heavy atom. The minimum Gasteiger partial charge on any atom is -0.339 e. The van der Waals surface area contributed by atoms with Gasteiger partial charge in [0.2, 0.25) is 0 Å². The number of likely N-dealkylation sites (tertiary alicyclic amines) is 1. The fourth-order valence-electron chi connectivity index (χ4n) is 2.63. The summed E-state index contributed by atoms with van der Waals surface area (Å²) in [4.78, 5) is 14.6. The molecule has 1 aliphatic heterocycles. The van der Waals surface area contributed by atoms with Crippen LogP contribution in [-0.4, -0.2) is 30.4 Å². The SMILES string of the molecule is Cc1cc(C#CCN)cc(C(=O)N2CCC(C)(C)CC2)c1. The van der Waals surface area contributed by atoms with Crippen LogP contribution in [0, 0.1) is 24.2 Å². The van der Waals surface area contributed by atoms with Gasteiger partial charge in [0.15, 0.2) is 0 Å². The lowest BCUT2D eigenvalue weighted by Crippen LogP contribution is -2.41. The van der Waals surface area contributed by atoms with Crippen LogP contribution in [0.25, 0.3) is 0 Å². The minimum atomic E-state index is 0.116. The number of carbonyl (C=O) groups is 1. The third kappa shape index (κ3) is 4.09. The molecule has 0 saturated carbocycles. The summed E-state index contributed by atoms with van der Waals surface area (Å²) < 4.78 is 0. The average molecular weight is 284 g/mol. The van der Waals surface area contributed by atoms with Gasteiger partial charge in [-0.2, -0.15) is 0 Å². The van der Waals surface area contributed by atoms with E-state index in [4.69, 9.17) is 5.73 Å². The molecule has 0 aromatic heterocycles. The molecule has 2 N–H and O–H groups in total. The van der Waals surface area contributed by atoms with Gasteiger partial charge < -0.3 is 10.6 Å². The van der Waals surface area contributed by atoms with Crippen LogP contribution in [0.15, 0.2) is 18.2 Å². The summed E-state index contributed by atoms with van der Waals surface area (Å²) in [5.74, 6) is 5.97. The Morgan fingerprint density at radius 2 is 1.95 bits per heavy atom. The quantitative estimate of drug-likeness (QED) is 0.806. The summed E-state index contributed by atoms with van der Waals surface area (Å²) in [7, 11) is 0. The molecule has 1 fully saturated rings. The van der Waals surface area contributed by atoms with E-state index in [1.165, 1.54) is 0 Å². The van der Waals surface area contributed by atoms with E-state index < -0.39 is 0 Å². The van der Waals surface area contributed by atoms with Crippen molar-refractivity contribution in [2.24, 2.45) is 11.1 Å². The van der Waals surface area contributed by atoms with E-state index in [0.29, 0.717) is 12.0 Å². The number of nitrogens with zero attached hydrogens (tertiary/aromatic N) is 1. The highest BCUT2D eigenvalue weighted by Crippen LogP contribution is 2.30. The Bertz CT molecular complexity index is 583. The number of amides is 1. The molecule has 0 atom stereocenters. The van der Waals surface area contributed by atoms with Crippen LogP contribution in [0.5, 0.6) is 0 Å². The molecule has 0 bridgehead atoms. The minimum absolute atomic E-state index is 0.116. The second-order valence-electron chi connectivity index (χ2n) is 6.55. The maximum atomic E-state index is 12.6. The van der Waals surface area contributed by atoms with Gasteiger partial charge in [-0.3, -0.25) is 4.79 Å². The van der Waals surface area contributed by atoms with E-state index in [9.17, 15) is 4.79 Å². The maximum absolute atomic E-state index is 12.6. The Hall–Kier alpha value is -1.79. The molecule has 1 aromatic rings. The van der Waals surface area contributed by atoms with E-state index in [1.54, 1.807) is 0 Å². The lowest BCUT2D eigenvalue weighted by molar-refractivity contribution is 0.0630. The number of piperidine rings is 1. The summed E-state index contributed by atoms with van der Waals surface area (Å²) in [5, 5.41) is 0. The summed E-state index contributed by atoms with van der Waals surface area (Å²) in [5.41, 5.74) is 8.40. The van der Waals surface area contributed by atoms with Gasteiger partial charge in [-0.05, 0) is 48.9 Å². The number of carbonyl (C=O) groups excluding carboxylic acids is 1. The number of aryl methyl sites for hydroxylation is 1. The van der Waals surface area contributed by atoms with E-state index in [1.807, 2.05) is 30.0 Å². The first-order valence-corrected chi connectivity index (χ1v) is 7.51. The van der Waals surface area contributed by atoms with Crippen molar-refractivity contribution in [3.63, 3.8) is 0 Å². The molecule has 21 heavy (non-hydrogen) atoms. The molecule has 1 amide bonds. The zero-order chi connectivity index (χ0) is 15.5. The Morgan fingerprint density at radius 1 is 1.29 bits per heavy atom. The van der Waals surface area contributed by atoms with Gasteiger partial charge >= 0.3 is 0 Å². The topological polar surface area (TPSA) is 46.3 Å². The van der Waals surface area contributed by atoms with E-state index in [-0.39, 0.29) is 5.91 Å². The van der Waals surface area contributed by atoms with Crippen LogP contribution in [0.1, 0.15) is 48.2 Å².